The quantitative estimate of drug-likeness (QED) is 0.903. The van der Waals surface area contributed by atoms with E-state index in [1.165, 1.54) is 0 Å². The van der Waals surface area contributed by atoms with Crippen molar-refractivity contribution in [2.45, 2.75) is 13.8 Å². The van der Waals surface area contributed by atoms with Crippen LogP contribution in [0.1, 0.15) is 13.8 Å². The summed E-state index contributed by atoms with van der Waals surface area (Å²) in [5.41, 5.74) is 1.08. The van der Waals surface area contributed by atoms with Crippen molar-refractivity contribution in [3.05, 3.63) is 48.5 Å². The highest BCUT2D eigenvalue weighted by molar-refractivity contribution is 5.50. The van der Waals surface area contributed by atoms with E-state index in [0.717, 1.165) is 18.8 Å². The summed E-state index contributed by atoms with van der Waals surface area (Å²) in [5, 5.41) is 18.1. The molecular weight excluding hydrogens is 294 g/mol. The van der Waals surface area contributed by atoms with Gasteiger partial charge in [0.1, 0.15) is 24.0 Å². The van der Waals surface area contributed by atoms with Crippen LogP contribution in [-0.4, -0.2) is 37.2 Å². The lowest BCUT2D eigenvalue weighted by atomic mass is 10.2. The number of aromatic hydroxyl groups is 2. The van der Waals surface area contributed by atoms with Crippen LogP contribution in [0.5, 0.6) is 17.2 Å². The first-order valence-corrected chi connectivity index (χ1v) is 7.26. The van der Waals surface area contributed by atoms with Gasteiger partial charge in [-0.15, -0.1) is 0 Å². The number of carbonyl (C=O) groups is 1. The SMILES string of the molecule is C=O.CCN(CC)c1cccc(O)c1.COc1cccc(O)c1. The van der Waals surface area contributed by atoms with Gasteiger partial charge in [0.2, 0.25) is 0 Å². The normalized spacial score (nSPS) is 8.83. The van der Waals surface area contributed by atoms with Crippen molar-refractivity contribution in [3.63, 3.8) is 0 Å². The Kier molecular flexibility index (Phi) is 10.5. The Morgan fingerprint density at radius 1 is 0.957 bits per heavy atom. The van der Waals surface area contributed by atoms with Crippen LogP contribution in [0.3, 0.4) is 0 Å². The molecule has 0 saturated carbocycles. The zero-order valence-corrected chi connectivity index (χ0v) is 13.9. The number of rotatable bonds is 4. The number of hydrogen-bond acceptors (Lipinski definition) is 5. The van der Waals surface area contributed by atoms with Gasteiger partial charge in [0.15, 0.2) is 0 Å². The predicted molar refractivity (Wildman–Crippen MR) is 93.4 cm³/mol. The van der Waals surface area contributed by atoms with Gasteiger partial charge in [0.25, 0.3) is 0 Å². The average molecular weight is 319 g/mol. The standard InChI is InChI=1S/C10H15NO.C7H8O2.CH2O/c1-3-11(4-2)9-6-5-7-10(12)8-9;1-9-7-4-2-3-6(8)5-7;1-2/h5-8,12H,3-4H2,1-2H3;2-5,8H,1H3;1H2. The molecular formula is C18H25NO4. The Bertz CT molecular complexity index is 556. The van der Waals surface area contributed by atoms with Gasteiger partial charge in [-0.3, -0.25) is 0 Å². The molecule has 0 aliphatic rings. The lowest BCUT2D eigenvalue weighted by Crippen LogP contribution is -2.21. The van der Waals surface area contributed by atoms with Gasteiger partial charge in [-0.25, -0.2) is 0 Å². The van der Waals surface area contributed by atoms with E-state index in [1.54, 1.807) is 43.5 Å². The van der Waals surface area contributed by atoms with Crippen molar-refractivity contribution in [2.24, 2.45) is 0 Å². The summed E-state index contributed by atoms with van der Waals surface area (Å²) in [7, 11) is 1.56. The number of ether oxygens (including phenoxy) is 1. The summed E-state index contributed by atoms with van der Waals surface area (Å²) in [5.74, 6) is 1.24. The molecule has 0 aromatic heterocycles. The number of carbonyl (C=O) groups excluding carboxylic acids is 1. The number of hydrogen-bond donors (Lipinski definition) is 2. The summed E-state index contributed by atoms with van der Waals surface area (Å²) < 4.78 is 4.84. The average Bonchev–Trinajstić information content (AvgIpc) is 2.58. The van der Waals surface area contributed by atoms with Crippen LogP contribution in [0.4, 0.5) is 5.69 Å². The highest BCUT2D eigenvalue weighted by Gasteiger charge is 2.00. The van der Waals surface area contributed by atoms with E-state index in [2.05, 4.69) is 18.7 Å². The molecule has 0 bridgehead atoms. The second kappa shape index (κ2) is 11.9. The lowest BCUT2D eigenvalue weighted by molar-refractivity contribution is -0.0979. The first-order chi connectivity index (χ1) is 11.1. The van der Waals surface area contributed by atoms with E-state index >= 15 is 0 Å². The third-order valence-electron chi connectivity index (χ3n) is 3.01. The van der Waals surface area contributed by atoms with Gasteiger partial charge in [-0.1, -0.05) is 12.1 Å². The highest BCUT2D eigenvalue weighted by atomic mass is 16.5. The van der Waals surface area contributed by atoms with Crippen molar-refractivity contribution in [1.29, 1.82) is 0 Å². The van der Waals surface area contributed by atoms with Crippen molar-refractivity contribution in [1.82, 2.24) is 0 Å². The number of phenolic OH excluding ortho intramolecular Hbond substituents is 2. The van der Waals surface area contributed by atoms with Gasteiger partial charge in [0.05, 0.1) is 7.11 Å². The molecule has 0 unspecified atom stereocenters. The van der Waals surface area contributed by atoms with Gasteiger partial charge in [-0.05, 0) is 38.1 Å². The Morgan fingerprint density at radius 2 is 1.48 bits per heavy atom. The topological polar surface area (TPSA) is 70.0 Å². The highest BCUT2D eigenvalue weighted by Crippen LogP contribution is 2.19. The van der Waals surface area contributed by atoms with Crippen LogP contribution >= 0.6 is 0 Å². The third kappa shape index (κ3) is 7.76. The van der Waals surface area contributed by atoms with E-state index in [-0.39, 0.29) is 5.75 Å². The Morgan fingerprint density at radius 3 is 1.87 bits per heavy atom. The molecule has 0 aliphatic carbocycles. The van der Waals surface area contributed by atoms with Crippen LogP contribution in [0.2, 0.25) is 0 Å². The molecule has 2 rings (SSSR count). The van der Waals surface area contributed by atoms with E-state index < -0.39 is 0 Å². The molecule has 0 saturated heterocycles. The first-order valence-electron chi connectivity index (χ1n) is 7.26. The maximum Gasteiger partial charge on any atom is 0.122 e. The van der Waals surface area contributed by atoms with E-state index in [0.29, 0.717) is 11.5 Å². The fourth-order valence-corrected chi connectivity index (χ4v) is 1.89. The zero-order valence-electron chi connectivity index (χ0n) is 13.9. The minimum absolute atomic E-state index is 0.231. The number of benzene rings is 2. The van der Waals surface area contributed by atoms with Crippen LogP contribution in [0.25, 0.3) is 0 Å². The van der Waals surface area contributed by atoms with Crippen LogP contribution in [0.15, 0.2) is 48.5 Å². The second-order valence-corrected chi connectivity index (χ2v) is 4.39. The van der Waals surface area contributed by atoms with Crippen LogP contribution < -0.4 is 9.64 Å². The van der Waals surface area contributed by atoms with E-state index in [9.17, 15) is 5.11 Å². The molecule has 0 fully saturated rings. The van der Waals surface area contributed by atoms with E-state index in [4.69, 9.17) is 14.6 Å². The fraction of sp³-hybridized carbons (Fsp3) is 0.278. The van der Waals surface area contributed by atoms with Crippen molar-refractivity contribution < 1.29 is 19.7 Å². The van der Waals surface area contributed by atoms with Gasteiger partial charge >= 0.3 is 0 Å². The summed E-state index contributed by atoms with van der Waals surface area (Å²) >= 11 is 0. The molecule has 0 heterocycles. The van der Waals surface area contributed by atoms with Crippen LogP contribution in [-0.2, 0) is 4.79 Å². The molecule has 5 heteroatoms. The van der Waals surface area contributed by atoms with Crippen molar-refractivity contribution >= 4 is 12.5 Å². The molecule has 0 spiro atoms. The molecule has 0 aliphatic heterocycles. The molecule has 126 valence electrons. The molecule has 0 radical (unpaired) electrons. The molecule has 5 nitrogen and oxygen atoms in total. The monoisotopic (exact) mass is 319 g/mol. The smallest absolute Gasteiger partial charge is 0.122 e. The van der Waals surface area contributed by atoms with Gasteiger partial charge < -0.3 is 24.6 Å². The summed E-state index contributed by atoms with van der Waals surface area (Å²) in [6.45, 7) is 8.15. The molecule has 2 N–H and O–H groups in total. The minimum Gasteiger partial charge on any atom is -0.508 e. The summed E-state index contributed by atoms with van der Waals surface area (Å²) in [6.07, 6.45) is 0. The minimum atomic E-state index is 0.231. The van der Waals surface area contributed by atoms with Gasteiger partial charge in [-0.2, -0.15) is 0 Å². The molecule has 0 atom stereocenters. The fourth-order valence-electron chi connectivity index (χ4n) is 1.89. The lowest BCUT2D eigenvalue weighted by Gasteiger charge is -2.20. The predicted octanol–water partition coefficient (Wildman–Crippen LogP) is 3.45. The zero-order chi connectivity index (χ0) is 17.7. The summed E-state index contributed by atoms with van der Waals surface area (Å²) in [6, 6.07) is 14.0. The maximum absolute atomic E-state index is 9.23. The molecule has 23 heavy (non-hydrogen) atoms. The third-order valence-corrected chi connectivity index (χ3v) is 3.01. The van der Waals surface area contributed by atoms with Crippen LogP contribution in [0, 0.1) is 0 Å². The van der Waals surface area contributed by atoms with E-state index in [1.807, 2.05) is 18.9 Å². The summed E-state index contributed by atoms with van der Waals surface area (Å²) in [4.78, 5) is 10.2. The number of methoxy groups -OCH3 is 1. The largest absolute Gasteiger partial charge is 0.508 e. The number of phenols is 2. The van der Waals surface area contributed by atoms with Gasteiger partial charge in [0, 0.05) is 30.9 Å². The number of anilines is 1. The Labute approximate surface area is 137 Å². The molecule has 2 aromatic rings. The van der Waals surface area contributed by atoms with Crippen molar-refractivity contribution in [2.75, 3.05) is 25.1 Å². The molecule has 2 aromatic carbocycles. The Hall–Kier alpha value is -2.69. The second-order valence-electron chi connectivity index (χ2n) is 4.39. The Balaban J connectivity index is 0.000000392. The van der Waals surface area contributed by atoms with Crippen molar-refractivity contribution in [3.8, 4) is 17.2 Å². The number of nitrogens with zero attached hydrogens (tertiary/aromatic N) is 1. The molecule has 0 amide bonds. The maximum atomic E-state index is 9.23. The first kappa shape index (κ1) is 20.3.